The number of thiocarbonyl (C=S) groups is 1. The molecule has 1 unspecified atom stereocenters. The second-order valence-electron chi connectivity index (χ2n) is 9.21. The summed E-state index contributed by atoms with van der Waals surface area (Å²) in [6, 6.07) is 5.62. The van der Waals surface area contributed by atoms with Crippen LogP contribution in [0.4, 0.5) is 0 Å². The molecule has 9 nitrogen and oxygen atoms in total. The smallest absolute Gasteiger partial charge is 0.338 e. The molecule has 1 N–H and O–H groups in total. The third kappa shape index (κ3) is 5.68. The number of hydrogen-bond acceptors (Lipinski definition) is 8. The molecule has 0 radical (unpaired) electrons. The van der Waals surface area contributed by atoms with E-state index >= 15 is 0 Å². The third-order valence-corrected chi connectivity index (χ3v) is 7.88. The zero-order chi connectivity index (χ0) is 25.9. The molecule has 1 aromatic carbocycles. The molecule has 0 aromatic heterocycles. The van der Waals surface area contributed by atoms with Crippen LogP contribution >= 0.6 is 12.2 Å². The highest BCUT2D eigenvalue weighted by atomic mass is 32.2. The first-order chi connectivity index (χ1) is 15.5. The summed E-state index contributed by atoms with van der Waals surface area (Å²) in [6.45, 7) is 8.93. The van der Waals surface area contributed by atoms with Crippen LogP contribution in [0.15, 0.2) is 29.2 Å². The van der Waals surface area contributed by atoms with Crippen LogP contribution in [-0.2, 0) is 29.1 Å². The summed E-state index contributed by atoms with van der Waals surface area (Å²) in [6.07, 6.45) is 0. The first-order valence-corrected chi connectivity index (χ1v) is 12.2. The largest absolute Gasteiger partial charge is 0.481 e. The Morgan fingerprint density at radius 3 is 2.24 bits per heavy atom. The number of benzene rings is 1. The summed E-state index contributed by atoms with van der Waals surface area (Å²) in [5.74, 6) is 3.96. The molecule has 0 saturated carbocycles. The van der Waals surface area contributed by atoms with Crippen LogP contribution in [0.1, 0.15) is 41.5 Å². The highest BCUT2D eigenvalue weighted by Gasteiger charge is 2.60. The zero-order valence-corrected chi connectivity index (χ0v) is 21.6. The Bertz CT molecular complexity index is 1120. The number of morpholine rings is 1. The molecule has 186 valence electrons. The quantitative estimate of drug-likeness (QED) is 0.349. The maximum atomic E-state index is 13.5. The SMILES string of the molecule is CC(=O)OCC#CCOc1ccc(S(=O)(=O)N2CC(C(=O)O)(C(C)(C)C)OC(C)(C)C2=S)cc1. The third-order valence-electron chi connectivity index (χ3n) is 5.29. The van der Waals surface area contributed by atoms with Crippen LogP contribution in [0.2, 0.25) is 0 Å². The van der Waals surface area contributed by atoms with Crippen LogP contribution < -0.4 is 4.74 Å². The van der Waals surface area contributed by atoms with Gasteiger partial charge in [-0.3, -0.25) is 9.10 Å². The number of ether oxygens (including phenoxy) is 3. The zero-order valence-electron chi connectivity index (χ0n) is 20.0. The lowest BCUT2D eigenvalue weighted by Crippen LogP contribution is -2.70. The van der Waals surface area contributed by atoms with E-state index in [0.717, 1.165) is 4.31 Å². The fraction of sp³-hybridized carbons (Fsp3) is 0.522. The van der Waals surface area contributed by atoms with Gasteiger partial charge >= 0.3 is 11.9 Å². The molecule has 0 bridgehead atoms. The van der Waals surface area contributed by atoms with E-state index in [2.05, 4.69) is 16.6 Å². The highest BCUT2D eigenvalue weighted by Crippen LogP contribution is 2.44. The van der Waals surface area contributed by atoms with Crippen molar-refractivity contribution in [3.05, 3.63) is 24.3 Å². The number of esters is 1. The van der Waals surface area contributed by atoms with E-state index in [-0.39, 0.29) is 23.1 Å². The average molecular weight is 512 g/mol. The Labute approximate surface area is 205 Å². The average Bonchev–Trinajstić information content (AvgIpc) is 2.71. The summed E-state index contributed by atoms with van der Waals surface area (Å²) < 4.78 is 44.0. The summed E-state index contributed by atoms with van der Waals surface area (Å²) in [5.41, 5.74) is -4.08. The van der Waals surface area contributed by atoms with Crippen molar-refractivity contribution in [2.45, 2.75) is 57.6 Å². The predicted octanol–water partition coefficient (Wildman–Crippen LogP) is 2.63. The minimum Gasteiger partial charge on any atom is -0.481 e. The Kier molecular flexibility index (Phi) is 8.02. The number of sulfonamides is 1. The fourth-order valence-electron chi connectivity index (χ4n) is 3.30. The lowest BCUT2D eigenvalue weighted by atomic mass is 9.74. The van der Waals surface area contributed by atoms with Crippen molar-refractivity contribution >= 4 is 39.2 Å². The van der Waals surface area contributed by atoms with Crippen molar-refractivity contribution in [1.82, 2.24) is 4.31 Å². The van der Waals surface area contributed by atoms with E-state index in [4.69, 9.17) is 21.7 Å². The van der Waals surface area contributed by atoms with Gasteiger partial charge in [0.05, 0.1) is 11.4 Å². The van der Waals surface area contributed by atoms with Gasteiger partial charge in [-0.1, -0.05) is 44.8 Å². The minimum atomic E-state index is -4.19. The summed E-state index contributed by atoms with van der Waals surface area (Å²) in [5, 5.41) is 10.1. The summed E-state index contributed by atoms with van der Waals surface area (Å²) >= 11 is 5.41. The van der Waals surface area contributed by atoms with Gasteiger partial charge in [-0.2, -0.15) is 0 Å². The molecule has 11 heteroatoms. The van der Waals surface area contributed by atoms with Gasteiger partial charge < -0.3 is 19.3 Å². The first-order valence-electron chi connectivity index (χ1n) is 10.4. The fourth-order valence-corrected chi connectivity index (χ4v) is 5.22. The van der Waals surface area contributed by atoms with Crippen molar-refractivity contribution in [2.24, 2.45) is 5.41 Å². The molecule has 34 heavy (non-hydrogen) atoms. The van der Waals surface area contributed by atoms with Crippen LogP contribution in [0.5, 0.6) is 5.75 Å². The van der Waals surface area contributed by atoms with E-state index < -0.39 is 45.1 Å². The van der Waals surface area contributed by atoms with E-state index in [0.29, 0.717) is 5.75 Å². The van der Waals surface area contributed by atoms with Crippen molar-refractivity contribution in [3.63, 3.8) is 0 Å². The van der Waals surface area contributed by atoms with Gasteiger partial charge in [0.15, 0.2) is 12.2 Å². The van der Waals surface area contributed by atoms with Crippen LogP contribution in [0.25, 0.3) is 0 Å². The molecule has 1 fully saturated rings. The van der Waals surface area contributed by atoms with Gasteiger partial charge in [-0.15, -0.1) is 0 Å². The summed E-state index contributed by atoms with van der Waals surface area (Å²) in [7, 11) is -4.19. The molecular formula is C23H29NO8S2. The van der Waals surface area contributed by atoms with Gasteiger partial charge in [0, 0.05) is 12.3 Å². The first kappa shape index (κ1) is 27.6. The molecule has 1 aliphatic rings. The van der Waals surface area contributed by atoms with E-state index in [1.807, 2.05) is 0 Å². The highest BCUT2D eigenvalue weighted by molar-refractivity contribution is 7.91. The number of rotatable bonds is 6. The number of carboxylic acids is 1. The van der Waals surface area contributed by atoms with E-state index in [1.54, 1.807) is 34.6 Å². The Hall–Kier alpha value is -2.68. The van der Waals surface area contributed by atoms with Crippen LogP contribution in [0, 0.1) is 17.3 Å². The number of carbonyl (C=O) groups excluding carboxylic acids is 1. The molecule has 0 spiro atoms. The van der Waals surface area contributed by atoms with E-state index in [1.165, 1.54) is 31.2 Å². The number of hydrogen-bond donors (Lipinski definition) is 1. The van der Waals surface area contributed by atoms with Gasteiger partial charge in [0.2, 0.25) is 0 Å². The Morgan fingerprint density at radius 2 is 1.74 bits per heavy atom. The van der Waals surface area contributed by atoms with Gasteiger partial charge in [-0.25, -0.2) is 13.2 Å². The number of carboxylic acid groups (broad SMARTS) is 1. The van der Waals surface area contributed by atoms with Crippen LogP contribution in [0.3, 0.4) is 0 Å². The molecular weight excluding hydrogens is 482 g/mol. The maximum Gasteiger partial charge on any atom is 0.338 e. The van der Waals surface area contributed by atoms with Crippen molar-refractivity contribution in [1.29, 1.82) is 0 Å². The topological polar surface area (TPSA) is 119 Å². The minimum absolute atomic E-state index is 0.0157. The molecule has 1 heterocycles. The monoisotopic (exact) mass is 511 g/mol. The van der Waals surface area contributed by atoms with Gasteiger partial charge in [0.1, 0.15) is 22.9 Å². The number of carbonyl (C=O) groups is 2. The molecule has 0 amide bonds. The molecule has 1 saturated heterocycles. The van der Waals surface area contributed by atoms with Crippen molar-refractivity contribution < 1.29 is 37.3 Å². The van der Waals surface area contributed by atoms with Gasteiger partial charge in [0.25, 0.3) is 10.0 Å². The second-order valence-corrected chi connectivity index (χ2v) is 11.5. The predicted molar refractivity (Wildman–Crippen MR) is 128 cm³/mol. The standard InChI is InChI=1S/C23H29NO8S2/c1-16(25)30-13-7-8-14-31-17-9-11-18(12-10-17)34(28,29)24-15-23(20(26)27,21(2,3)4)32-22(5,6)19(24)33/h9-12H,13-15H2,1-6H3,(H,26,27). The molecule has 1 aliphatic heterocycles. The normalized spacial score (nSPS) is 20.2. The molecule has 0 aliphatic carbocycles. The second kappa shape index (κ2) is 9.90. The molecule has 1 atom stereocenters. The van der Waals surface area contributed by atoms with E-state index in [9.17, 15) is 23.1 Å². The lowest BCUT2D eigenvalue weighted by Gasteiger charge is -2.52. The molecule has 2 rings (SSSR count). The van der Waals surface area contributed by atoms with Crippen LogP contribution in [-0.4, -0.2) is 65.7 Å². The molecule has 1 aromatic rings. The lowest BCUT2D eigenvalue weighted by molar-refractivity contribution is -0.209. The summed E-state index contributed by atoms with van der Waals surface area (Å²) in [4.78, 5) is 22.9. The van der Waals surface area contributed by atoms with Crippen molar-refractivity contribution in [3.8, 4) is 17.6 Å². The Balaban J connectivity index is 2.29. The van der Waals surface area contributed by atoms with Gasteiger partial charge in [-0.05, 0) is 38.1 Å². The maximum absolute atomic E-state index is 13.5. The van der Waals surface area contributed by atoms with Crippen molar-refractivity contribution in [2.75, 3.05) is 19.8 Å². The number of aliphatic carboxylic acids is 1. The number of nitrogens with zero attached hydrogens (tertiary/aromatic N) is 1. The Morgan fingerprint density at radius 1 is 1.18 bits per heavy atom.